The quantitative estimate of drug-likeness (QED) is 0.583. The molecule has 2 fully saturated rings. The number of amides is 2. The van der Waals surface area contributed by atoms with E-state index in [1.165, 1.54) is 0 Å². The Bertz CT molecular complexity index is 722. The van der Waals surface area contributed by atoms with E-state index in [1.54, 1.807) is 18.2 Å². The summed E-state index contributed by atoms with van der Waals surface area (Å²) in [6.07, 6.45) is 2.98. The summed E-state index contributed by atoms with van der Waals surface area (Å²) in [5.74, 6) is -0.280. The number of aliphatic hydroxyl groups excluding tert-OH is 1. The number of rotatable bonds is 7. The fourth-order valence-electron chi connectivity index (χ4n) is 3.90. The van der Waals surface area contributed by atoms with Gasteiger partial charge in [-0.05, 0) is 50.3 Å². The molecule has 0 saturated carbocycles. The molecule has 3 rings (SSSR count). The van der Waals surface area contributed by atoms with Gasteiger partial charge in [0, 0.05) is 41.3 Å². The van der Waals surface area contributed by atoms with Crippen molar-refractivity contribution in [3.8, 4) is 0 Å². The predicted molar refractivity (Wildman–Crippen MR) is 114 cm³/mol. The van der Waals surface area contributed by atoms with Crippen LogP contribution in [-0.4, -0.2) is 61.5 Å². The number of ether oxygens (including phenoxy) is 2. The van der Waals surface area contributed by atoms with Crippen LogP contribution in [0.4, 0.5) is 0 Å². The lowest BCUT2D eigenvalue weighted by Crippen LogP contribution is -2.52. The number of nitrogens with one attached hydrogen (secondary N) is 2. The second-order valence-corrected chi connectivity index (χ2v) is 8.63. The maximum absolute atomic E-state index is 12.5. The van der Waals surface area contributed by atoms with E-state index in [2.05, 4.69) is 10.6 Å². The van der Waals surface area contributed by atoms with Crippen LogP contribution < -0.4 is 10.6 Å². The highest BCUT2D eigenvalue weighted by Crippen LogP contribution is 2.23. The number of carbonyl (C=O) groups is 2. The van der Waals surface area contributed by atoms with Crippen LogP contribution in [0.2, 0.25) is 10.0 Å². The summed E-state index contributed by atoms with van der Waals surface area (Å²) in [5, 5.41) is 16.4. The zero-order valence-electron chi connectivity index (χ0n) is 16.7. The minimum absolute atomic E-state index is 0.0104. The maximum atomic E-state index is 12.5. The van der Waals surface area contributed by atoms with Gasteiger partial charge in [-0.1, -0.05) is 23.2 Å². The molecule has 9 heteroatoms. The van der Waals surface area contributed by atoms with Crippen molar-refractivity contribution in [2.75, 3.05) is 26.4 Å². The number of benzene rings is 1. The lowest BCUT2D eigenvalue weighted by Gasteiger charge is -2.37. The first-order chi connectivity index (χ1) is 14.5. The molecular weight excluding hydrogens is 431 g/mol. The molecule has 0 bridgehead atoms. The van der Waals surface area contributed by atoms with E-state index < -0.39 is 6.10 Å². The van der Waals surface area contributed by atoms with E-state index in [0.717, 1.165) is 25.7 Å². The Morgan fingerprint density at radius 1 is 1.07 bits per heavy atom. The molecule has 0 radical (unpaired) electrons. The molecule has 0 aliphatic carbocycles. The van der Waals surface area contributed by atoms with E-state index >= 15 is 0 Å². The van der Waals surface area contributed by atoms with Crippen LogP contribution in [0.5, 0.6) is 0 Å². The predicted octanol–water partition coefficient (Wildman–Crippen LogP) is 2.56. The molecule has 1 aromatic carbocycles. The van der Waals surface area contributed by atoms with Gasteiger partial charge in [-0.15, -0.1) is 0 Å². The van der Waals surface area contributed by atoms with Gasteiger partial charge >= 0.3 is 0 Å². The molecule has 0 aromatic heterocycles. The normalized spacial score (nSPS) is 25.0. The first-order valence-electron chi connectivity index (χ1n) is 10.3. The van der Waals surface area contributed by atoms with Crippen molar-refractivity contribution < 1.29 is 24.2 Å². The molecular formula is C21H28Cl2N2O5. The van der Waals surface area contributed by atoms with Crippen molar-refractivity contribution in [2.24, 2.45) is 5.92 Å². The first kappa shape index (κ1) is 23.3. The van der Waals surface area contributed by atoms with E-state index in [0.29, 0.717) is 41.8 Å². The summed E-state index contributed by atoms with van der Waals surface area (Å²) in [6.45, 7) is 1.48. The van der Waals surface area contributed by atoms with Gasteiger partial charge in [0.2, 0.25) is 5.91 Å². The first-order valence-corrected chi connectivity index (χ1v) is 11.1. The van der Waals surface area contributed by atoms with E-state index in [1.807, 2.05) is 0 Å². The highest BCUT2D eigenvalue weighted by Gasteiger charge is 2.33. The van der Waals surface area contributed by atoms with E-state index in [4.69, 9.17) is 32.7 Å². The van der Waals surface area contributed by atoms with Crippen molar-refractivity contribution in [3.63, 3.8) is 0 Å². The molecule has 3 atom stereocenters. The third-order valence-electron chi connectivity index (χ3n) is 5.59. The number of aliphatic hydroxyl groups is 1. The molecule has 3 N–H and O–H groups in total. The Kier molecular flexibility index (Phi) is 8.77. The Morgan fingerprint density at radius 3 is 2.43 bits per heavy atom. The SMILES string of the molecule is O=C(NCC[C@@H]1CC[C@H](NC(=O)C2CCOCC2)[C@@H](CO)O1)c1cc(Cl)cc(Cl)c1. The molecule has 2 heterocycles. The molecule has 0 unspecified atom stereocenters. The lowest BCUT2D eigenvalue weighted by atomic mass is 9.94. The summed E-state index contributed by atoms with van der Waals surface area (Å²) in [5.41, 5.74) is 0.404. The third-order valence-corrected chi connectivity index (χ3v) is 6.03. The molecule has 7 nitrogen and oxygen atoms in total. The highest BCUT2D eigenvalue weighted by atomic mass is 35.5. The van der Waals surface area contributed by atoms with Crippen LogP contribution >= 0.6 is 23.2 Å². The average Bonchev–Trinajstić information content (AvgIpc) is 2.74. The molecule has 30 heavy (non-hydrogen) atoms. The lowest BCUT2D eigenvalue weighted by molar-refractivity contribution is -0.134. The molecule has 2 amide bonds. The number of hydrogen-bond acceptors (Lipinski definition) is 5. The van der Waals surface area contributed by atoms with Crippen molar-refractivity contribution in [1.29, 1.82) is 0 Å². The summed E-state index contributed by atoms with van der Waals surface area (Å²) < 4.78 is 11.3. The van der Waals surface area contributed by atoms with Gasteiger partial charge in [-0.2, -0.15) is 0 Å². The summed E-state index contributed by atoms with van der Waals surface area (Å²) in [7, 11) is 0. The number of carbonyl (C=O) groups excluding carboxylic acids is 2. The molecule has 1 aromatic rings. The standard InChI is InChI=1S/C21H28Cl2N2O5/c22-15-9-14(10-16(23)11-15)20(27)24-6-3-17-1-2-18(19(12-26)30-17)25-21(28)13-4-7-29-8-5-13/h9-11,13,17-19,26H,1-8,12H2,(H,24,27)(H,25,28)/t17-,18-,19+/m0/s1. The number of hydrogen-bond donors (Lipinski definition) is 3. The van der Waals surface area contributed by atoms with Gasteiger partial charge in [0.15, 0.2) is 0 Å². The molecule has 2 aliphatic heterocycles. The topological polar surface area (TPSA) is 96.9 Å². The zero-order chi connectivity index (χ0) is 21.5. The highest BCUT2D eigenvalue weighted by molar-refractivity contribution is 6.35. The van der Waals surface area contributed by atoms with Crippen molar-refractivity contribution >= 4 is 35.0 Å². The van der Waals surface area contributed by atoms with Gasteiger partial charge in [0.05, 0.1) is 18.8 Å². The van der Waals surface area contributed by atoms with Gasteiger partial charge in [0.25, 0.3) is 5.91 Å². The van der Waals surface area contributed by atoms with Crippen molar-refractivity contribution in [3.05, 3.63) is 33.8 Å². The van der Waals surface area contributed by atoms with Gasteiger partial charge in [0.1, 0.15) is 6.10 Å². The fraction of sp³-hybridized carbons (Fsp3) is 0.619. The van der Waals surface area contributed by atoms with Gasteiger partial charge in [-0.3, -0.25) is 9.59 Å². The molecule has 166 valence electrons. The second kappa shape index (κ2) is 11.3. The zero-order valence-corrected chi connectivity index (χ0v) is 18.3. The fourth-order valence-corrected chi connectivity index (χ4v) is 4.43. The minimum atomic E-state index is -0.449. The van der Waals surface area contributed by atoms with E-state index in [-0.39, 0.29) is 36.5 Å². The van der Waals surface area contributed by atoms with Gasteiger partial charge in [-0.25, -0.2) is 0 Å². The van der Waals surface area contributed by atoms with Gasteiger partial charge < -0.3 is 25.2 Å². The average molecular weight is 459 g/mol. The monoisotopic (exact) mass is 458 g/mol. The molecule has 0 spiro atoms. The van der Waals surface area contributed by atoms with Crippen LogP contribution in [0.25, 0.3) is 0 Å². The van der Waals surface area contributed by atoms with Crippen LogP contribution in [0, 0.1) is 5.92 Å². The van der Waals surface area contributed by atoms with Crippen LogP contribution in [0.3, 0.4) is 0 Å². The Labute approximate surface area is 186 Å². The third kappa shape index (κ3) is 6.56. The minimum Gasteiger partial charge on any atom is -0.394 e. The maximum Gasteiger partial charge on any atom is 0.251 e. The van der Waals surface area contributed by atoms with Crippen LogP contribution in [-0.2, 0) is 14.3 Å². The van der Waals surface area contributed by atoms with E-state index in [9.17, 15) is 14.7 Å². The van der Waals surface area contributed by atoms with Crippen molar-refractivity contribution in [2.45, 2.75) is 50.4 Å². The largest absolute Gasteiger partial charge is 0.394 e. The smallest absolute Gasteiger partial charge is 0.251 e. The summed E-state index contributed by atoms with van der Waals surface area (Å²) in [6, 6.07) is 4.49. The van der Waals surface area contributed by atoms with Crippen LogP contribution in [0.15, 0.2) is 18.2 Å². The Morgan fingerprint density at radius 2 is 1.77 bits per heavy atom. The Balaban J connectivity index is 1.43. The van der Waals surface area contributed by atoms with Crippen LogP contribution in [0.1, 0.15) is 42.5 Å². The molecule has 2 aliphatic rings. The summed E-state index contributed by atoms with van der Waals surface area (Å²) >= 11 is 11.9. The number of halogens is 2. The molecule has 2 saturated heterocycles. The Hall–Kier alpha value is -1.38. The summed E-state index contributed by atoms with van der Waals surface area (Å²) in [4.78, 5) is 24.7. The van der Waals surface area contributed by atoms with Crippen molar-refractivity contribution in [1.82, 2.24) is 10.6 Å². The second-order valence-electron chi connectivity index (χ2n) is 7.76.